The van der Waals surface area contributed by atoms with E-state index in [1.807, 2.05) is 0 Å². The minimum atomic E-state index is 0.440. The molecule has 3 aliphatic rings. The lowest BCUT2D eigenvalue weighted by Gasteiger charge is -2.22. The van der Waals surface area contributed by atoms with Gasteiger partial charge in [-0.15, -0.1) is 0 Å². The van der Waals surface area contributed by atoms with Gasteiger partial charge in [0, 0.05) is 38.1 Å². The molecule has 1 atom stereocenters. The van der Waals surface area contributed by atoms with Crippen LogP contribution in [0.15, 0.2) is 0 Å². The summed E-state index contributed by atoms with van der Waals surface area (Å²) in [6, 6.07) is 1.58. The highest BCUT2D eigenvalue weighted by molar-refractivity contribution is 5.82. The van der Waals surface area contributed by atoms with E-state index in [1.165, 1.54) is 32.4 Å². The van der Waals surface area contributed by atoms with Gasteiger partial charge in [0.05, 0.1) is 6.54 Å². The summed E-state index contributed by atoms with van der Waals surface area (Å²) in [6.45, 7) is 4.23. The summed E-state index contributed by atoms with van der Waals surface area (Å²) in [7, 11) is 0. The van der Waals surface area contributed by atoms with Gasteiger partial charge >= 0.3 is 0 Å². The van der Waals surface area contributed by atoms with Crippen LogP contribution in [0, 0.1) is 0 Å². The van der Waals surface area contributed by atoms with Gasteiger partial charge in [0.25, 0.3) is 0 Å². The molecule has 0 radical (unpaired) electrons. The second kappa shape index (κ2) is 3.31. The third-order valence-corrected chi connectivity index (χ3v) is 3.83. The molecule has 0 aromatic heterocycles. The van der Waals surface area contributed by atoms with E-state index in [-0.39, 0.29) is 0 Å². The lowest BCUT2D eigenvalue weighted by Crippen LogP contribution is -2.36. The van der Waals surface area contributed by atoms with Crippen LogP contribution in [0.1, 0.15) is 25.7 Å². The predicted molar refractivity (Wildman–Crippen MR) is 54.2 cm³/mol. The largest absolute Gasteiger partial charge is 0.299 e. The van der Waals surface area contributed by atoms with E-state index in [0.717, 1.165) is 25.6 Å². The van der Waals surface area contributed by atoms with Crippen LogP contribution < -0.4 is 0 Å². The van der Waals surface area contributed by atoms with E-state index in [4.69, 9.17) is 0 Å². The molecule has 3 fully saturated rings. The molecular formula is C11H18N2O. The maximum atomic E-state index is 11.2. The van der Waals surface area contributed by atoms with Gasteiger partial charge in [0.1, 0.15) is 5.78 Å². The van der Waals surface area contributed by atoms with Gasteiger partial charge in [-0.25, -0.2) is 0 Å². The Labute approximate surface area is 85.1 Å². The zero-order chi connectivity index (χ0) is 9.54. The van der Waals surface area contributed by atoms with Crippen LogP contribution in [-0.4, -0.2) is 53.8 Å². The van der Waals surface area contributed by atoms with Gasteiger partial charge in [0.15, 0.2) is 0 Å². The Morgan fingerprint density at radius 1 is 1.00 bits per heavy atom. The van der Waals surface area contributed by atoms with Gasteiger partial charge in [0.2, 0.25) is 0 Å². The van der Waals surface area contributed by atoms with Crippen molar-refractivity contribution >= 4 is 5.78 Å². The van der Waals surface area contributed by atoms with Gasteiger partial charge < -0.3 is 0 Å². The smallest absolute Gasteiger partial charge is 0.148 e. The molecule has 3 nitrogen and oxygen atoms in total. The average Bonchev–Trinajstić information content (AvgIpc) is 2.76. The molecule has 1 unspecified atom stereocenters. The maximum Gasteiger partial charge on any atom is 0.148 e. The summed E-state index contributed by atoms with van der Waals surface area (Å²) in [5, 5.41) is 0. The second-order valence-corrected chi connectivity index (χ2v) is 4.93. The average molecular weight is 194 g/mol. The van der Waals surface area contributed by atoms with Gasteiger partial charge in [-0.3, -0.25) is 14.6 Å². The summed E-state index contributed by atoms with van der Waals surface area (Å²) in [4.78, 5) is 16.2. The Balaban J connectivity index is 1.56. The number of hydrogen-bond acceptors (Lipinski definition) is 3. The minimum Gasteiger partial charge on any atom is -0.299 e. The number of likely N-dealkylation sites (tertiary alicyclic amines) is 2. The van der Waals surface area contributed by atoms with Crippen LogP contribution in [0.2, 0.25) is 0 Å². The molecule has 0 amide bonds. The molecule has 1 aliphatic carbocycles. The Bertz CT molecular complexity index is 250. The summed E-state index contributed by atoms with van der Waals surface area (Å²) >= 11 is 0. The van der Waals surface area contributed by atoms with Crippen molar-refractivity contribution in [2.45, 2.75) is 37.8 Å². The fourth-order valence-corrected chi connectivity index (χ4v) is 2.80. The number of carbonyl (C=O) groups is 1. The molecule has 0 aromatic rings. The van der Waals surface area contributed by atoms with E-state index in [9.17, 15) is 4.79 Å². The van der Waals surface area contributed by atoms with Crippen molar-refractivity contribution in [3.05, 3.63) is 0 Å². The lowest BCUT2D eigenvalue weighted by atomic mass is 10.2. The van der Waals surface area contributed by atoms with Crippen molar-refractivity contribution in [3.63, 3.8) is 0 Å². The molecule has 78 valence electrons. The van der Waals surface area contributed by atoms with Crippen molar-refractivity contribution in [3.8, 4) is 0 Å². The van der Waals surface area contributed by atoms with Crippen molar-refractivity contribution in [1.82, 2.24) is 9.80 Å². The number of ketones is 1. The number of rotatable bonds is 2. The highest BCUT2D eigenvalue weighted by Crippen LogP contribution is 2.31. The molecule has 0 N–H and O–H groups in total. The fraction of sp³-hybridized carbons (Fsp3) is 0.909. The molecule has 0 aromatic carbocycles. The molecule has 2 heterocycles. The van der Waals surface area contributed by atoms with E-state index >= 15 is 0 Å². The fourth-order valence-electron chi connectivity index (χ4n) is 2.80. The third-order valence-electron chi connectivity index (χ3n) is 3.83. The summed E-state index contributed by atoms with van der Waals surface area (Å²) in [6.07, 6.45) is 4.89. The molecule has 2 aliphatic heterocycles. The maximum absolute atomic E-state index is 11.2. The monoisotopic (exact) mass is 194 g/mol. The van der Waals surface area contributed by atoms with Gasteiger partial charge in [-0.1, -0.05) is 0 Å². The van der Waals surface area contributed by atoms with Crippen LogP contribution in [0.3, 0.4) is 0 Å². The van der Waals surface area contributed by atoms with Crippen LogP contribution in [-0.2, 0) is 4.79 Å². The van der Waals surface area contributed by atoms with Gasteiger partial charge in [-0.05, 0) is 19.3 Å². The van der Waals surface area contributed by atoms with E-state index in [1.54, 1.807) is 0 Å². The molecule has 2 saturated heterocycles. The highest BCUT2D eigenvalue weighted by Gasteiger charge is 2.37. The highest BCUT2D eigenvalue weighted by atomic mass is 16.1. The van der Waals surface area contributed by atoms with Crippen molar-refractivity contribution in [2.75, 3.05) is 26.2 Å². The van der Waals surface area contributed by atoms with Crippen LogP contribution in [0.25, 0.3) is 0 Å². The normalized spacial score (nSPS) is 35.7. The first kappa shape index (κ1) is 8.86. The van der Waals surface area contributed by atoms with Crippen LogP contribution >= 0.6 is 0 Å². The quantitative estimate of drug-likeness (QED) is 0.639. The van der Waals surface area contributed by atoms with Gasteiger partial charge in [-0.2, -0.15) is 0 Å². The Morgan fingerprint density at radius 3 is 2.50 bits per heavy atom. The Hall–Kier alpha value is -0.410. The first-order valence-corrected chi connectivity index (χ1v) is 5.83. The first-order chi connectivity index (χ1) is 6.83. The SMILES string of the molecule is O=C1CCN(C2CCN(C3CC3)C2)C1. The summed E-state index contributed by atoms with van der Waals surface area (Å²) in [5.41, 5.74) is 0. The Morgan fingerprint density at radius 2 is 1.86 bits per heavy atom. The molecule has 3 rings (SSSR count). The van der Waals surface area contributed by atoms with Crippen molar-refractivity contribution in [1.29, 1.82) is 0 Å². The van der Waals surface area contributed by atoms with E-state index in [0.29, 0.717) is 11.8 Å². The lowest BCUT2D eigenvalue weighted by molar-refractivity contribution is -0.117. The second-order valence-electron chi connectivity index (χ2n) is 4.93. The standard InChI is InChI=1S/C11H18N2O/c14-11-4-6-13(8-11)10-3-5-12(7-10)9-1-2-9/h9-10H,1-8H2. The van der Waals surface area contributed by atoms with Crippen molar-refractivity contribution < 1.29 is 4.79 Å². The molecule has 0 spiro atoms. The number of nitrogens with zero attached hydrogens (tertiary/aromatic N) is 2. The Kier molecular flexibility index (Phi) is 2.10. The molecule has 1 saturated carbocycles. The predicted octanol–water partition coefficient (Wildman–Crippen LogP) is 0.498. The van der Waals surface area contributed by atoms with E-state index < -0.39 is 0 Å². The number of Topliss-reactive ketones (excluding diaryl/α,β-unsaturated/α-hetero) is 1. The van der Waals surface area contributed by atoms with Crippen LogP contribution in [0.4, 0.5) is 0 Å². The zero-order valence-electron chi connectivity index (χ0n) is 8.61. The molecular weight excluding hydrogens is 176 g/mol. The zero-order valence-corrected chi connectivity index (χ0v) is 8.61. The summed E-state index contributed by atoms with van der Waals surface area (Å²) < 4.78 is 0. The van der Waals surface area contributed by atoms with Crippen molar-refractivity contribution in [2.24, 2.45) is 0 Å². The minimum absolute atomic E-state index is 0.440. The topological polar surface area (TPSA) is 23.6 Å². The third kappa shape index (κ3) is 1.59. The number of carbonyl (C=O) groups excluding carboxylic acids is 1. The summed E-state index contributed by atoms with van der Waals surface area (Å²) in [5.74, 6) is 0.440. The van der Waals surface area contributed by atoms with Crippen LogP contribution in [0.5, 0.6) is 0 Å². The molecule has 14 heavy (non-hydrogen) atoms. The molecule has 3 heteroatoms. The first-order valence-electron chi connectivity index (χ1n) is 5.83. The number of hydrogen-bond donors (Lipinski definition) is 0. The molecule has 0 bridgehead atoms. The van der Waals surface area contributed by atoms with E-state index in [2.05, 4.69) is 9.80 Å².